The molecule has 4 nitrogen and oxygen atoms in total. The summed E-state index contributed by atoms with van der Waals surface area (Å²) in [5, 5.41) is 2.33. The summed E-state index contributed by atoms with van der Waals surface area (Å²) < 4.78 is 17.5. The van der Waals surface area contributed by atoms with Crippen molar-refractivity contribution < 1.29 is 18.7 Å². The average molecular weight is 272 g/mol. The molecule has 0 saturated heterocycles. The molecule has 0 unspecified atom stereocenters. The van der Waals surface area contributed by atoms with Crippen LogP contribution >= 0.6 is 11.6 Å². The van der Waals surface area contributed by atoms with Gasteiger partial charge in [0.1, 0.15) is 5.82 Å². The maximum absolute atomic E-state index is 12.9. The second kappa shape index (κ2) is 6.76. The molecule has 0 radical (unpaired) electrons. The molecule has 1 aromatic carbocycles. The van der Waals surface area contributed by atoms with E-state index in [-0.39, 0.29) is 11.6 Å². The summed E-state index contributed by atoms with van der Waals surface area (Å²) in [5.41, 5.74) is 0.333. The first kappa shape index (κ1) is 14.2. The predicted octanol–water partition coefficient (Wildman–Crippen LogP) is 2.54. The van der Waals surface area contributed by atoms with Crippen molar-refractivity contribution in [2.45, 2.75) is 6.92 Å². The molecular weight excluding hydrogens is 261 g/mol. The van der Waals surface area contributed by atoms with Gasteiger partial charge in [0, 0.05) is 17.8 Å². The number of hydrogen-bond donors (Lipinski definition) is 1. The number of anilines is 1. The zero-order valence-electron chi connectivity index (χ0n) is 9.57. The number of hydrogen-bond acceptors (Lipinski definition) is 3. The Hall–Kier alpha value is -1.88. The Morgan fingerprint density at radius 3 is 2.78 bits per heavy atom. The van der Waals surface area contributed by atoms with Crippen molar-refractivity contribution in [1.29, 1.82) is 0 Å². The fourth-order valence-corrected chi connectivity index (χ4v) is 1.27. The Balaban J connectivity index is 2.59. The summed E-state index contributed by atoms with van der Waals surface area (Å²) in [5.74, 6) is -1.72. The number of rotatable bonds is 4. The van der Waals surface area contributed by atoms with Crippen LogP contribution in [0.4, 0.5) is 10.1 Å². The lowest BCUT2D eigenvalue weighted by molar-refractivity contribution is -0.137. The van der Waals surface area contributed by atoms with Crippen LogP contribution in [0.2, 0.25) is 5.02 Å². The average Bonchev–Trinajstić information content (AvgIpc) is 2.32. The third-order valence-corrected chi connectivity index (χ3v) is 2.13. The summed E-state index contributed by atoms with van der Waals surface area (Å²) in [7, 11) is 0. The SMILES string of the molecule is CCOC(=O)/C=C/C(=O)Nc1ccc(F)c(Cl)c1. The quantitative estimate of drug-likeness (QED) is 0.676. The van der Waals surface area contributed by atoms with Crippen molar-refractivity contribution in [3.8, 4) is 0 Å². The molecule has 0 atom stereocenters. The highest BCUT2D eigenvalue weighted by atomic mass is 35.5. The van der Waals surface area contributed by atoms with Crippen molar-refractivity contribution >= 4 is 29.2 Å². The largest absolute Gasteiger partial charge is 0.463 e. The van der Waals surface area contributed by atoms with Crippen LogP contribution in [0, 0.1) is 5.82 Å². The van der Waals surface area contributed by atoms with Crippen LogP contribution < -0.4 is 5.32 Å². The van der Waals surface area contributed by atoms with Gasteiger partial charge < -0.3 is 10.1 Å². The van der Waals surface area contributed by atoms with E-state index < -0.39 is 17.7 Å². The van der Waals surface area contributed by atoms with Crippen LogP contribution in [0.3, 0.4) is 0 Å². The van der Waals surface area contributed by atoms with E-state index in [0.29, 0.717) is 5.69 Å². The Labute approximate surface area is 108 Å². The number of halogens is 2. The highest BCUT2D eigenvalue weighted by Gasteiger charge is 2.03. The van der Waals surface area contributed by atoms with Gasteiger partial charge in [0.05, 0.1) is 11.6 Å². The Morgan fingerprint density at radius 2 is 2.17 bits per heavy atom. The van der Waals surface area contributed by atoms with Crippen molar-refractivity contribution in [2.24, 2.45) is 0 Å². The number of esters is 1. The number of ether oxygens (including phenoxy) is 1. The highest BCUT2D eigenvalue weighted by molar-refractivity contribution is 6.31. The van der Waals surface area contributed by atoms with Crippen LogP contribution in [0.1, 0.15) is 6.92 Å². The second-order valence-corrected chi connectivity index (χ2v) is 3.61. The first-order valence-electron chi connectivity index (χ1n) is 5.13. The molecule has 0 aliphatic rings. The van der Waals surface area contributed by atoms with E-state index in [4.69, 9.17) is 11.6 Å². The summed E-state index contributed by atoms with van der Waals surface area (Å²) in [6.45, 7) is 1.89. The van der Waals surface area contributed by atoms with Crippen LogP contribution in [0.25, 0.3) is 0 Å². The van der Waals surface area contributed by atoms with Gasteiger partial charge in [-0.05, 0) is 25.1 Å². The molecule has 0 spiro atoms. The predicted molar refractivity (Wildman–Crippen MR) is 65.8 cm³/mol. The first-order valence-corrected chi connectivity index (χ1v) is 5.51. The van der Waals surface area contributed by atoms with Gasteiger partial charge in [-0.1, -0.05) is 11.6 Å². The van der Waals surface area contributed by atoms with Gasteiger partial charge in [-0.15, -0.1) is 0 Å². The minimum Gasteiger partial charge on any atom is -0.463 e. The number of benzene rings is 1. The zero-order valence-corrected chi connectivity index (χ0v) is 10.3. The van der Waals surface area contributed by atoms with Gasteiger partial charge >= 0.3 is 5.97 Å². The number of nitrogens with one attached hydrogen (secondary N) is 1. The number of carbonyl (C=O) groups excluding carboxylic acids is 2. The van der Waals surface area contributed by atoms with Crippen molar-refractivity contribution in [1.82, 2.24) is 0 Å². The van der Waals surface area contributed by atoms with Gasteiger partial charge in [0.15, 0.2) is 0 Å². The normalized spacial score (nSPS) is 10.4. The molecule has 1 rings (SSSR count). The standard InChI is InChI=1S/C12H11ClFNO3/c1-2-18-12(17)6-5-11(16)15-8-3-4-10(14)9(13)7-8/h3-7H,2H2,1H3,(H,15,16)/b6-5+. The van der Waals surface area contributed by atoms with Crippen molar-refractivity contribution in [3.05, 3.63) is 41.2 Å². The van der Waals surface area contributed by atoms with Gasteiger partial charge in [0.25, 0.3) is 0 Å². The molecule has 0 aliphatic carbocycles. The molecule has 96 valence electrons. The summed E-state index contributed by atoms with van der Waals surface area (Å²) in [4.78, 5) is 22.3. The molecule has 1 aromatic rings. The van der Waals surface area contributed by atoms with Crippen molar-refractivity contribution in [3.63, 3.8) is 0 Å². The third kappa shape index (κ3) is 4.55. The Morgan fingerprint density at radius 1 is 1.44 bits per heavy atom. The van der Waals surface area contributed by atoms with E-state index in [1.54, 1.807) is 6.92 Å². The molecule has 0 heterocycles. The summed E-state index contributed by atoms with van der Waals surface area (Å²) >= 11 is 5.55. The molecule has 0 saturated carbocycles. The van der Waals surface area contributed by atoms with Gasteiger partial charge in [-0.25, -0.2) is 9.18 Å². The maximum Gasteiger partial charge on any atom is 0.330 e. The lowest BCUT2D eigenvalue weighted by Crippen LogP contribution is -2.09. The third-order valence-electron chi connectivity index (χ3n) is 1.84. The lowest BCUT2D eigenvalue weighted by Gasteiger charge is -2.02. The second-order valence-electron chi connectivity index (χ2n) is 3.20. The van der Waals surface area contributed by atoms with E-state index in [1.807, 2.05) is 0 Å². The van der Waals surface area contributed by atoms with E-state index in [9.17, 15) is 14.0 Å². The maximum atomic E-state index is 12.9. The van der Waals surface area contributed by atoms with Crippen molar-refractivity contribution in [2.75, 3.05) is 11.9 Å². The molecule has 0 aliphatic heterocycles. The lowest BCUT2D eigenvalue weighted by atomic mass is 10.3. The van der Waals surface area contributed by atoms with Gasteiger partial charge in [-0.2, -0.15) is 0 Å². The topological polar surface area (TPSA) is 55.4 Å². The molecule has 6 heteroatoms. The zero-order chi connectivity index (χ0) is 13.5. The van der Waals surface area contributed by atoms with Crippen LogP contribution in [0.15, 0.2) is 30.4 Å². The van der Waals surface area contributed by atoms with E-state index in [1.165, 1.54) is 12.1 Å². The minimum atomic E-state index is -0.607. The van der Waals surface area contributed by atoms with Crippen LogP contribution in [-0.2, 0) is 14.3 Å². The number of carbonyl (C=O) groups is 2. The fourth-order valence-electron chi connectivity index (χ4n) is 1.09. The fraction of sp³-hybridized carbons (Fsp3) is 0.167. The highest BCUT2D eigenvalue weighted by Crippen LogP contribution is 2.19. The van der Waals surface area contributed by atoms with E-state index in [0.717, 1.165) is 18.2 Å². The molecule has 1 N–H and O–H groups in total. The molecular formula is C12H11ClFNO3. The molecule has 0 fully saturated rings. The van der Waals surface area contributed by atoms with E-state index in [2.05, 4.69) is 10.1 Å². The van der Waals surface area contributed by atoms with Crippen LogP contribution in [-0.4, -0.2) is 18.5 Å². The van der Waals surface area contributed by atoms with Crippen LogP contribution in [0.5, 0.6) is 0 Å². The molecule has 18 heavy (non-hydrogen) atoms. The van der Waals surface area contributed by atoms with Gasteiger partial charge in [-0.3, -0.25) is 4.79 Å². The summed E-state index contributed by atoms with van der Waals surface area (Å²) in [6, 6.07) is 3.76. The molecule has 1 amide bonds. The molecule has 0 bridgehead atoms. The van der Waals surface area contributed by atoms with E-state index >= 15 is 0 Å². The van der Waals surface area contributed by atoms with Gasteiger partial charge in [0.2, 0.25) is 5.91 Å². The smallest absolute Gasteiger partial charge is 0.330 e. The number of amides is 1. The molecule has 0 aromatic heterocycles. The monoisotopic (exact) mass is 271 g/mol. The summed E-state index contributed by atoms with van der Waals surface area (Å²) in [6.07, 6.45) is 2.03. The minimum absolute atomic E-state index is 0.0952. The Bertz CT molecular complexity index is 488. The Kier molecular flexibility index (Phi) is 5.32. The first-order chi connectivity index (χ1) is 8.52.